The lowest BCUT2D eigenvalue weighted by molar-refractivity contribution is 0.0115. The molecule has 2 aromatic carbocycles. The Morgan fingerprint density at radius 1 is 1.15 bits per heavy atom. The van der Waals surface area contributed by atoms with Gasteiger partial charge in [-0.25, -0.2) is 4.39 Å². The summed E-state index contributed by atoms with van der Waals surface area (Å²) in [6, 6.07) is 11.5. The number of ether oxygens (including phenoxy) is 1. The molecule has 0 saturated heterocycles. The number of carbonyl (C=O) groups is 1. The Labute approximate surface area is 204 Å². The average Bonchev–Trinajstić information content (AvgIpc) is 3.24. The first-order valence-corrected chi connectivity index (χ1v) is 11.2. The summed E-state index contributed by atoms with van der Waals surface area (Å²) >= 11 is 0. The Morgan fingerprint density at radius 2 is 1.91 bits per heavy atom. The molecule has 0 bridgehead atoms. The number of halogens is 2. The molecule has 6 nitrogen and oxygen atoms in total. The highest BCUT2D eigenvalue weighted by Crippen LogP contribution is 2.36. The number of fused-ring (bicyclic) bond motifs is 1. The molecule has 1 aromatic heterocycles. The smallest absolute Gasteiger partial charge is 0.260 e. The first kappa shape index (κ1) is 24.1. The normalized spacial score (nSPS) is 19.4. The molecular formula is C26H27ClFN3O3. The monoisotopic (exact) mass is 483 g/mol. The predicted octanol–water partition coefficient (Wildman–Crippen LogP) is 4.62. The third-order valence-electron chi connectivity index (χ3n) is 6.72. The minimum absolute atomic E-state index is 0. The number of benzene rings is 2. The zero-order valence-electron chi connectivity index (χ0n) is 19.1. The fourth-order valence-electron chi connectivity index (χ4n) is 4.81. The van der Waals surface area contributed by atoms with E-state index < -0.39 is 11.9 Å². The highest BCUT2D eigenvalue weighted by molar-refractivity contribution is 5.98. The van der Waals surface area contributed by atoms with E-state index in [0.717, 1.165) is 40.8 Å². The number of aliphatic hydroxyl groups excluding tert-OH is 1. The van der Waals surface area contributed by atoms with Crippen LogP contribution in [0.1, 0.15) is 52.0 Å². The van der Waals surface area contributed by atoms with Gasteiger partial charge in [-0.3, -0.25) is 9.69 Å². The van der Waals surface area contributed by atoms with Crippen LogP contribution in [0.5, 0.6) is 5.75 Å². The van der Waals surface area contributed by atoms with Crippen LogP contribution in [0.25, 0.3) is 11.1 Å². The van der Waals surface area contributed by atoms with Gasteiger partial charge in [-0.1, -0.05) is 24.3 Å². The quantitative estimate of drug-likeness (QED) is 0.586. The van der Waals surface area contributed by atoms with Crippen molar-refractivity contribution >= 4 is 18.3 Å². The average molecular weight is 484 g/mol. The van der Waals surface area contributed by atoms with Gasteiger partial charge in [0.05, 0.1) is 29.6 Å². The summed E-state index contributed by atoms with van der Waals surface area (Å²) in [6.45, 7) is 3.58. The molecule has 0 radical (unpaired) electrons. The van der Waals surface area contributed by atoms with Crippen LogP contribution in [0.3, 0.4) is 0 Å². The molecule has 2 heterocycles. The van der Waals surface area contributed by atoms with Crippen LogP contribution >= 0.6 is 12.4 Å². The predicted molar refractivity (Wildman–Crippen MR) is 129 cm³/mol. The second-order valence-corrected chi connectivity index (χ2v) is 8.92. The van der Waals surface area contributed by atoms with Gasteiger partial charge in [0.2, 0.25) is 0 Å². The number of aliphatic hydroxyl groups is 1. The third-order valence-corrected chi connectivity index (χ3v) is 6.72. The van der Waals surface area contributed by atoms with Crippen LogP contribution in [0.2, 0.25) is 0 Å². The Hall–Kier alpha value is -3.03. The fourth-order valence-corrected chi connectivity index (χ4v) is 4.81. The molecule has 34 heavy (non-hydrogen) atoms. The van der Waals surface area contributed by atoms with Crippen molar-refractivity contribution in [3.05, 3.63) is 76.4 Å². The van der Waals surface area contributed by atoms with E-state index in [4.69, 9.17) is 4.74 Å². The number of rotatable bonds is 4. The molecule has 178 valence electrons. The Balaban J connectivity index is 0.00000274. The number of aromatic nitrogens is 2. The molecule has 1 fully saturated rings. The molecule has 1 amide bonds. The topological polar surface area (TPSA) is 75.6 Å². The van der Waals surface area contributed by atoms with Crippen LogP contribution in [0.15, 0.2) is 42.6 Å². The number of aryl methyl sites for hydroxylation is 1. The summed E-state index contributed by atoms with van der Waals surface area (Å²) in [4.78, 5) is 14.7. The molecule has 0 spiro atoms. The molecule has 2 atom stereocenters. The second-order valence-electron chi connectivity index (χ2n) is 8.92. The van der Waals surface area contributed by atoms with Crippen molar-refractivity contribution in [1.29, 1.82) is 0 Å². The van der Waals surface area contributed by atoms with E-state index in [-0.39, 0.29) is 42.4 Å². The maximum atomic E-state index is 15.2. The van der Waals surface area contributed by atoms with Crippen molar-refractivity contribution in [3.8, 4) is 16.9 Å². The summed E-state index contributed by atoms with van der Waals surface area (Å²) in [5, 5.41) is 18.2. The van der Waals surface area contributed by atoms with Crippen LogP contribution in [-0.4, -0.2) is 45.0 Å². The highest BCUT2D eigenvalue weighted by atomic mass is 35.5. The number of amides is 1. The van der Waals surface area contributed by atoms with Crippen molar-refractivity contribution in [3.63, 3.8) is 0 Å². The van der Waals surface area contributed by atoms with Crippen LogP contribution in [-0.2, 0) is 6.42 Å². The van der Waals surface area contributed by atoms with Crippen molar-refractivity contribution in [2.24, 2.45) is 0 Å². The Bertz CT molecular complexity index is 1220. The molecular weight excluding hydrogens is 457 g/mol. The standard InChI is InChI=1S/C26H26FN3O3.ClH/c1-15-10-20(13-28-29-15)18-8-6-17(7-9-18)11-19-12-21-25(24(27)16(19)2)33-14-30(26(21)32)22-4-3-5-23(22)31;/h6-10,12-13,22-23,31H,3-5,11,14H2,1-2H3;1H/t22-,23-;/m0./s1. The van der Waals surface area contributed by atoms with E-state index in [1.165, 1.54) is 4.90 Å². The van der Waals surface area contributed by atoms with Gasteiger partial charge in [-0.2, -0.15) is 10.2 Å². The zero-order valence-corrected chi connectivity index (χ0v) is 19.9. The lowest BCUT2D eigenvalue weighted by Gasteiger charge is -2.35. The highest BCUT2D eigenvalue weighted by Gasteiger charge is 2.39. The lowest BCUT2D eigenvalue weighted by Crippen LogP contribution is -2.48. The van der Waals surface area contributed by atoms with Crippen molar-refractivity contribution < 1.29 is 19.0 Å². The van der Waals surface area contributed by atoms with Crippen LogP contribution in [0, 0.1) is 19.7 Å². The van der Waals surface area contributed by atoms with Gasteiger partial charge in [0.25, 0.3) is 5.91 Å². The molecule has 1 N–H and O–H groups in total. The van der Waals surface area contributed by atoms with Crippen molar-refractivity contribution in [1.82, 2.24) is 15.1 Å². The lowest BCUT2D eigenvalue weighted by atomic mass is 9.94. The minimum atomic E-state index is -0.563. The number of nitrogens with zero attached hydrogens (tertiary/aromatic N) is 3. The molecule has 8 heteroatoms. The summed E-state index contributed by atoms with van der Waals surface area (Å²) < 4.78 is 20.8. The van der Waals surface area contributed by atoms with Gasteiger partial charge in [0.1, 0.15) is 0 Å². The molecule has 1 aliphatic carbocycles. The largest absolute Gasteiger partial charge is 0.469 e. The van der Waals surface area contributed by atoms with Crippen LogP contribution in [0.4, 0.5) is 4.39 Å². The molecule has 1 saturated carbocycles. The van der Waals surface area contributed by atoms with Gasteiger partial charge in [-0.05, 0) is 73.9 Å². The fraction of sp³-hybridized carbons (Fsp3) is 0.346. The number of hydrogen-bond acceptors (Lipinski definition) is 5. The minimum Gasteiger partial charge on any atom is -0.469 e. The van der Waals surface area contributed by atoms with E-state index in [9.17, 15) is 9.90 Å². The molecule has 1 aliphatic heterocycles. The first-order chi connectivity index (χ1) is 15.9. The van der Waals surface area contributed by atoms with Crippen molar-refractivity contribution in [2.45, 2.75) is 51.7 Å². The van der Waals surface area contributed by atoms with E-state index in [1.807, 2.05) is 37.3 Å². The van der Waals surface area contributed by atoms with Crippen molar-refractivity contribution in [2.75, 3.05) is 6.73 Å². The third kappa shape index (κ3) is 4.38. The summed E-state index contributed by atoms with van der Waals surface area (Å²) in [7, 11) is 0. The van der Waals surface area contributed by atoms with Gasteiger partial charge in [0, 0.05) is 5.56 Å². The number of hydrogen-bond donors (Lipinski definition) is 1. The maximum absolute atomic E-state index is 15.2. The van der Waals surface area contributed by atoms with Gasteiger partial charge < -0.3 is 9.84 Å². The van der Waals surface area contributed by atoms with E-state index in [1.54, 1.807) is 19.2 Å². The Morgan fingerprint density at radius 3 is 2.59 bits per heavy atom. The van der Waals surface area contributed by atoms with E-state index >= 15 is 4.39 Å². The molecule has 2 aliphatic rings. The first-order valence-electron chi connectivity index (χ1n) is 11.2. The Kier molecular flexibility index (Phi) is 6.86. The molecule has 0 unspecified atom stereocenters. The van der Waals surface area contributed by atoms with E-state index in [0.29, 0.717) is 18.4 Å². The van der Waals surface area contributed by atoms with Crippen LogP contribution < -0.4 is 4.74 Å². The maximum Gasteiger partial charge on any atom is 0.260 e. The van der Waals surface area contributed by atoms with E-state index in [2.05, 4.69) is 10.2 Å². The van der Waals surface area contributed by atoms with Gasteiger partial charge in [-0.15, -0.1) is 12.4 Å². The van der Waals surface area contributed by atoms with Gasteiger partial charge in [0.15, 0.2) is 18.3 Å². The second kappa shape index (κ2) is 9.68. The summed E-state index contributed by atoms with van der Waals surface area (Å²) in [5.41, 5.74) is 5.32. The summed E-state index contributed by atoms with van der Waals surface area (Å²) in [6.07, 6.45) is 3.91. The molecule has 5 rings (SSSR count). The van der Waals surface area contributed by atoms with Gasteiger partial charge >= 0.3 is 0 Å². The zero-order chi connectivity index (χ0) is 23.1. The molecule has 3 aromatic rings. The SMILES string of the molecule is Cc1cc(-c2ccc(Cc3cc4c(c(F)c3C)OCN([C@H]3CCC[C@@H]3O)C4=O)cc2)cnn1.Cl. The number of carbonyl (C=O) groups excluding carboxylic acids is 1. The summed E-state index contributed by atoms with van der Waals surface area (Å²) in [5.74, 6) is -0.753.